The summed E-state index contributed by atoms with van der Waals surface area (Å²) in [4.78, 5) is 9.46. The second-order valence-electron chi connectivity index (χ2n) is 8.84. The largest absolute Gasteiger partial charge is 0.395 e. The quantitative estimate of drug-likeness (QED) is 0.569. The molecule has 0 aliphatic carbocycles. The van der Waals surface area contributed by atoms with Gasteiger partial charge in [0.25, 0.3) is 0 Å². The zero-order valence-electron chi connectivity index (χ0n) is 18.6. The Morgan fingerprint density at radius 2 is 1.70 bits per heavy atom. The summed E-state index contributed by atoms with van der Waals surface area (Å²) in [6, 6.07) is 21.1. The average molecular weight is 458 g/mol. The molecule has 33 heavy (non-hydrogen) atoms. The molecule has 0 amide bonds. The molecule has 0 bridgehead atoms. The van der Waals surface area contributed by atoms with Gasteiger partial charge in [0.2, 0.25) is 0 Å². The third kappa shape index (κ3) is 5.07. The maximum absolute atomic E-state index is 9.64. The van der Waals surface area contributed by atoms with E-state index in [1.54, 1.807) is 0 Å². The second kappa shape index (κ2) is 9.97. The minimum atomic E-state index is 0.280. The number of halogens is 1. The molecule has 3 aromatic rings. The van der Waals surface area contributed by atoms with Crippen LogP contribution in [0.15, 0.2) is 66.9 Å². The Bertz CT molecular complexity index is 1130. The standard InChI is InChI=1S/C28H28ClN3O/c29-24-9-6-22(7-10-24)23-8-12-25(30-18-23)11-3-21-4-13-26(14-5-21)31-17-15-27(19-31)32-16-1-2-28(32)20-33/h4-10,12-14,18,27-28,33H,1-2,15-17,19-20H2/t27-,28-/m0/s1. The molecule has 2 aliphatic rings. The molecule has 1 aromatic heterocycles. The van der Waals surface area contributed by atoms with Crippen LogP contribution < -0.4 is 4.90 Å². The Kier molecular flexibility index (Phi) is 6.64. The molecule has 4 nitrogen and oxygen atoms in total. The number of anilines is 1. The van der Waals surface area contributed by atoms with E-state index in [4.69, 9.17) is 11.6 Å². The average Bonchev–Trinajstić information content (AvgIpc) is 3.53. The van der Waals surface area contributed by atoms with Gasteiger partial charge in [-0.1, -0.05) is 35.7 Å². The molecular formula is C28H28ClN3O. The monoisotopic (exact) mass is 457 g/mol. The van der Waals surface area contributed by atoms with Gasteiger partial charge in [-0.3, -0.25) is 4.90 Å². The van der Waals surface area contributed by atoms with Crippen molar-refractivity contribution in [1.29, 1.82) is 0 Å². The van der Waals surface area contributed by atoms with Crippen LogP contribution in [-0.4, -0.2) is 53.3 Å². The topological polar surface area (TPSA) is 39.6 Å². The van der Waals surface area contributed by atoms with E-state index >= 15 is 0 Å². The zero-order chi connectivity index (χ0) is 22.6. The smallest absolute Gasteiger partial charge is 0.113 e. The summed E-state index contributed by atoms with van der Waals surface area (Å²) in [7, 11) is 0. The van der Waals surface area contributed by atoms with Gasteiger partial charge in [0.15, 0.2) is 0 Å². The maximum atomic E-state index is 9.64. The fourth-order valence-corrected chi connectivity index (χ4v) is 5.08. The van der Waals surface area contributed by atoms with Crippen molar-refractivity contribution in [1.82, 2.24) is 9.88 Å². The van der Waals surface area contributed by atoms with E-state index in [1.807, 2.05) is 42.6 Å². The second-order valence-corrected chi connectivity index (χ2v) is 9.28. The third-order valence-electron chi connectivity index (χ3n) is 6.77. The van der Waals surface area contributed by atoms with Crippen LogP contribution in [0.1, 0.15) is 30.5 Å². The summed E-state index contributed by atoms with van der Waals surface area (Å²) >= 11 is 5.97. The number of hydrogen-bond acceptors (Lipinski definition) is 4. The van der Waals surface area contributed by atoms with E-state index in [9.17, 15) is 5.11 Å². The zero-order valence-corrected chi connectivity index (χ0v) is 19.4. The van der Waals surface area contributed by atoms with E-state index in [2.05, 4.69) is 50.9 Å². The normalized spacial score (nSPS) is 20.6. The lowest BCUT2D eigenvalue weighted by Gasteiger charge is -2.29. The number of likely N-dealkylation sites (tertiary alicyclic amines) is 1. The molecule has 2 fully saturated rings. The van der Waals surface area contributed by atoms with Gasteiger partial charge in [-0.25, -0.2) is 4.98 Å². The van der Waals surface area contributed by atoms with E-state index in [1.165, 1.54) is 12.1 Å². The highest BCUT2D eigenvalue weighted by molar-refractivity contribution is 6.30. The molecule has 2 aromatic carbocycles. The molecule has 0 radical (unpaired) electrons. The Labute approximate surface area is 200 Å². The number of nitrogens with zero attached hydrogens (tertiary/aromatic N) is 3. The predicted molar refractivity (Wildman–Crippen MR) is 135 cm³/mol. The number of aliphatic hydroxyl groups is 1. The molecule has 3 heterocycles. The third-order valence-corrected chi connectivity index (χ3v) is 7.03. The van der Waals surface area contributed by atoms with Crippen LogP contribution in [0, 0.1) is 11.8 Å². The summed E-state index contributed by atoms with van der Waals surface area (Å²) in [5, 5.41) is 10.4. The summed E-state index contributed by atoms with van der Waals surface area (Å²) < 4.78 is 0. The van der Waals surface area contributed by atoms with Crippen LogP contribution >= 0.6 is 11.6 Å². The van der Waals surface area contributed by atoms with Crippen molar-refractivity contribution in [3.63, 3.8) is 0 Å². The number of benzene rings is 2. The van der Waals surface area contributed by atoms with Crippen molar-refractivity contribution in [2.24, 2.45) is 0 Å². The highest BCUT2D eigenvalue weighted by Crippen LogP contribution is 2.28. The molecule has 2 saturated heterocycles. The summed E-state index contributed by atoms with van der Waals surface area (Å²) in [5.41, 5.74) is 5.11. The van der Waals surface area contributed by atoms with Crippen LogP contribution in [0.25, 0.3) is 11.1 Å². The van der Waals surface area contributed by atoms with Crippen LogP contribution in [0.3, 0.4) is 0 Å². The van der Waals surface area contributed by atoms with Gasteiger partial charge in [-0.2, -0.15) is 0 Å². The minimum absolute atomic E-state index is 0.280. The molecule has 5 heteroatoms. The lowest BCUT2D eigenvalue weighted by atomic mass is 10.1. The minimum Gasteiger partial charge on any atom is -0.395 e. The molecule has 0 unspecified atom stereocenters. The van der Waals surface area contributed by atoms with E-state index in [0.717, 1.165) is 59.9 Å². The molecule has 0 spiro atoms. The molecule has 1 N–H and O–H groups in total. The first-order chi connectivity index (χ1) is 16.2. The Balaban J connectivity index is 1.21. The number of aromatic nitrogens is 1. The summed E-state index contributed by atoms with van der Waals surface area (Å²) in [5.74, 6) is 6.39. The van der Waals surface area contributed by atoms with Gasteiger partial charge >= 0.3 is 0 Å². The van der Waals surface area contributed by atoms with Crippen molar-refractivity contribution >= 4 is 17.3 Å². The first-order valence-electron chi connectivity index (χ1n) is 11.7. The number of rotatable bonds is 4. The van der Waals surface area contributed by atoms with E-state index in [-0.39, 0.29) is 6.61 Å². The van der Waals surface area contributed by atoms with Crippen molar-refractivity contribution in [3.8, 4) is 23.0 Å². The van der Waals surface area contributed by atoms with Gasteiger partial charge in [-0.15, -0.1) is 0 Å². The van der Waals surface area contributed by atoms with Gasteiger partial charge in [0, 0.05) is 53.2 Å². The molecule has 168 valence electrons. The predicted octanol–water partition coefficient (Wildman–Crippen LogP) is 4.84. The number of aliphatic hydroxyl groups excluding tert-OH is 1. The molecule has 5 rings (SSSR count). The van der Waals surface area contributed by atoms with Crippen molar-refractivity contribution in [3.05, 3.63) is 83.1 Å². The molecule has 2 atom stereocenters. The van der Waals surface area contributed by atoms with Crippen LogP contribution in [0.5, 0.6) is 0 Å². The molecular weight excluding hydrogens is 430 g/mol. The fraction of sp³-hybridized carbons (Fsp3) is 0.321. The van der Waals surface area contributed by atoms with E-state index in [0.29, 0.717) is 12.1 Å². The number of hydrogen-bond donors (Lipinski definition) is 1. The Morgan fingerprint density at radius 1 is 0.909 bits per heavy atom. The Morgan fingerprint density at radius 3 is 2.42 bits per heavy atom. The number of pyridine rings is 1. The lowest BCUT2D eigenvalue weighted by molar-refractivity contribution is 0.126. The first kappa shape index (κ1) is 22.0. The van der Waals surface area contributed by atoms with Gasteiger partial charge in [0.1, 0.15) is 5.69 Å². The van der Waals surface area contributed by atoms with Crippen molar-refractivity contribution in [2.75, 3.05) is 31.1 Å². The first-order valence-corrected chi connectivity index (χ1v) is 12.0. The molecule has 0 saturated carbocycles. The fourth-order valence-electron chi connectivity index (χ4n) is 4.95. The van der Waals surface area contributed by atoms with Gasteiger partial charge in [-0.05, 0) is 79.8 Å². The summed E-state index contributed by atoms with van der Waals surface area (Å²) in [6.07, 6.45) is 5.34. The van der Waals surface area contributed by atoms with Crippen LogP contribution in [0.4, 0.5) is 5.69 Å². The van der Waals surface area contributed by atoms with Crippen LogP contribution in [0.2, 0.25) is 5.02 Å². The SMILES string of the molecule is OC[C@@H]1CCCN1[C@H]1CCN(c2ccc(C#Cc3ccc(-c4ccc(Cl)cc4)cn3)cc2)C1. The van der Waals surface area contributed by atoms with Crippen molar-refractivity contribution < 1.29 is 5.11 Å². The van der Waals surface area contributed by atoms with E-state index < -0.39 is 0 Å². The highest BCUT2D eigenvalue weighted by Gasteiger charge is 2.34. The highest BCUT2D eigenvalue weighted by atomic mass is 35.5. The molecule has 2 aliphatic heterocycles. The van der Waals surface area contributed by atoms with Crippen LogP contribution in [-0.2, 0) is 0 Å². The van der Waals surface area contributed by atoms with Crippen molar-refractivity contribution in [2.45, 2.75) is 31.3 Å². The maximum Gasteiger partial charge on any atom is 0.113 e. The van der Waals surface area contributed by atoms with Gasteiger partial charge < -0.3 is 10.0 Å². The Hall–Kier alpha value is -2.84. The lowest BCUT2D eigenvalue weighted by Crippen LogP contribution is -2.42. The van der Waals surface area contributed by atoms with Gasteiger partial charge in [0.05, 0.1) is 6.61 Å². The summed E-state index contributed by atoms with van der Waals surface area (Å²) in [6.45, 7) is 3.50.